The average molecular weight is 297 g/mol. The van der Waals surface area contributed by atoms with Crippen molar-refractivity contribution in [3.8, 4) is 17.1 Å². The molecule has 0 aliphatic heterocycles. The first-order valence-electron chi connectivity index (χ1n) is 6.25. The lowest BCUT2D eigenvalue weighted by molar-refractivity contribution is -0.137. The van der Waals surface area contributed by atoms with Crippen LogP contribution < -0.4 is 10.5 Å². The quantitative estimate of drug-likeness (QED) is 0.942. The largest absolute Gasteiger partial charge is 0.489 e. The van der Waals surface area contributed by atoms with Crippen LogP contribution in [0.2, 0.25) is 0 Å². The average Bonchev–Trinajstić information content (AvgIpc) is 2.45. The van der Waals surface area contributed by atoms with Gasteiger partial charge in [0.2, 0.25) is 0 Å². The lowest BCUT2D eigenvalue weighted by atomic mass is 10.1. The maximum atomic E-state index is 12.9. The minimum absolute atomic E-state index is 0.00364. The van der Waals surface area contributed by atoms with E-state index in [2.05, 4.69) is 9.97 Å². The zero-order valence-electron chi connectivity index (χ0n) is 11.3. The summed E-state index contributed by atoms with van der Waals surface area (Å²) in [5.41, 5.74) is 4.70. The summed E-state index contributed by atoms with van der Waals surface area (Å²) in [4.78, 5) is 7.85. The molecule has 7 heteroatoms. The van der Waals surface area contributed by atoms with E-state index in [1.807, 2.05) is 0 Å². The fraction of sp³-hybridized carbons (Fsp3) is 0.286. The van der Waals surface area contributed by atoms with Crippen LogP contribution in [0.25, 0.3) is 11.4 Å². The van der Waals surface area contributed by atoms with Crippen LogP contribution in [0.1, 0.15) is 12.5 Å². The summed E-state index contributed by atoms with van der Waals surface area (Å²) in [6.45, 7) is 2.05. The molecule has 2 rings (SSSR count). The maximum Gasteiger partial charge on any atom is 0.417 e. The number of rotatable bonds is 4. The van der Waals surface area contributed by atoms with Gasteiger partial charge in [-0.25, -0.2) is 9.97 Å². The number of nitrogens with zero attached hydrogens (tertiary/aromatic N) is 2. The predicted molar refractivity (Wildman–Crippen MR) is 71.6 cm³/mol. The first-order chi connectivity index (χ1) is 9.88. The third-order valence-corrected chi connectivity index (χ3v) is 2.61. The molecule has 21 heavy (non-hydrogen) atoms. The SMILES string of the molecule is CC(N)COc1cnc(-c2ccccc2C(F)(F)F)nc1. The molecule has 1 heterocycles. The van der Waals surface area contributed by atoms with Crippen LogP contribution >= 0.6 is 0 Å². The fourth-order valence-electron chi connectivity index (χ4n) is 1.68. The van der Waals surface area contributed by atoms with Gasteiger partial charge in [-0.2, -0.15) is 13.2 Å². The standard InChI is InChI=1S/C14H14F3N3O/c1-9(18)8-21-10-6-19-13(20-7-10)11-4-2-3-5-12(11)14(15,16)17/h2-7,9H,8,18H2,1H3. The van der Waals surface area contributed by atoms with Crippen LogP contribution in [0, 0.1) is 0 Å². The monoisotopic (exact) mass is 297 g/mol. The Balaban J connectivity index is 2.27. The second-order valence-corrected chi connectivity index (χ2v) is 4.57. The van der Waals surface area contributed by atoms with E-state index in [-0.39, 0.29) is 24.0 Å². The van der Waals surface area contributed by atoms with E-state index in [9.17, 15) is 13.2 Å². The number of alkyl halides is 3. The van der Waals surface area contributed by atoms with Gasteiger partial charge in [0, 0.05) is 11.6 Å². The lowest BCUT2D eigenvalue weighted by Crippen LogP contribution is -2.23. The number of ether oxygens (including phenoxy) is 1. The molecular formula is C14H14F3N3O. The molecule has 1 aromatic heterocycles. The summed E-state index contributed by atoms with van der Waals surface area (Å²) >= 11 is 0. The van der Waals surface area contributed by atoms with Gasteiger partial charge in [-0.05, 0) is 13.0 Å². The first kappa shape index (κ1) is 15.2. The maximum absolute atomic E-state index is 12.9. The van der Waals surface area contributed by atoms with Gasteiger partial charge in [-0.3, -0.25) is 0 Å². The number of benzene rings is 1. The molecule has 0 aliphatic carbocycles. The molecule has 0 fully saturated rings. The minimum Gasteiger partial charge on any atom is -0.489 e. The van der Waals surface area contributed by atoms with Gasteiger partial charge in [0.1, 0.15) is 6.61 Å². The summed E-state index contributed by atoms with van der Waals surface area (Å²) in [6, 6.07) is 5.01. The first-order valence-corrected chi connectivity index (χ1v) is 6.25. The summed E-state index contributed by atoms with van der Waals surface area (Å²) in [7, 11) is 0. The van der Waals surface area contributed by atoms with Crippen molar-refractivity contribution >= 4 is 0 Å². The molecule has 0 aliphatic rings. The van der Waals surface area contributed by atoms with Crippen molar-refractivity contribution in [3.63, 3.8) is 0 Å². The van der Waals surface area contributed by atoms with E-state index >= 15 is 0 Å². The molecule has 4 nitrogen and oxygen atoms in total. The van der Waals surface area contributed by atoms with Crippen molar-refractivity contribution in [1.82, 2.24) is 9.97 Å². The van der Waals surface area contributed by atoms with Gasteiger partial charge < -0.3 is 10.5 Å². The number of aromatic nitrogens is 2. The number of halogens is 3. The van der Waals surface area contributed by atoms with Crippen molar-refractivity contribution in [2.24, 2.45) is 5.73 Å². The molecule has 2 N–H and O–H groups in total. The van der Waals surface area contributed by atoms with Gasteiger partial charge >= 0.3 is 6.18 Å². The molecular weight excluding hydrogens is 283 g/mol. The molecule has 0 saturated carbocycles. The summed E-state index contributed by atoms with van der Waals surface area (Å²) in [5, 5.41) is 0. The Morgan fingerprint density at radius 1 is 1.19 bits per heavy atom. The lowest BCUT2D eigenvalue weighted by Gasteiger charge is -2.12. The van der Waals surface area contributed by atoms with Gasteiger partial charge in [0.05, 0.1) is 18.0 Å². The van der Waals surface area contributed by atoms with E-state index < -0.39 is 11.7 Å². The molecule has 1 aromatic carbocycles. The number of hydrogen-bond donors (Lipinski definition) is 1. The Labute approximate surface area is 119 Å². The van der Waals surface area contributed by atoms with E-state index in [0.29, 0.717) is 5.75 Å². The number of hydrogen-bond acceptors (Lipinski definition) is 4. The normalized spacial score (nSPS) is 13.0. The Morgan fingerprint density at radius 2 is 1.81 bits per heavy atom. The van der Waals surface area contributed by atoms with Crippen molar-refractivity contribution in [2.45, 2.75) is 19.1 Å². The van der Waals surface area contributed by atoms with Crippen molar-refractivity contribution in [2.75, 3.05) is 6.61 Å². The number of nitrogens with two attached hydrogens (primary N) is 1. The predicted octanol–water partition coefficient (Wildman–Crippen LogP) is 2.89. The highest BCUT2D eigenvalue weighted by Crippen LogP contribution is 2.35. The van der Waals surface area contributed by atoms with Crippen LogP contribution in [-0.2, 0) is 6.18 Å². The third kappa shape index (κ3) is 3.91. The van der Waals surface area contributed by atoms with Crippen LogP contribution in [0.5, 0.6) is 5.75 Å². The van der Waals surface area contributed by atoms with Crippen molar-refractivity contribution in [3.05, 3.63) is 42.2 Å². The third-order valence-electron chi connectivity index (χ3n) is 2.61. The Hall–Kier alpha value is -2.15. The van der Waals surface area contributed by atoms with E-state index in [1.165, 1.54) is 30.6 Å². The van der Waals surface area contributed by atoms with Crippen LogP contribution in [0.3, 0.4) is 0 Å². The Bertz CT molecular complexity index is 597. The Morgan fingerprint density at radius 3 is 2.38 bits per heavy atom. The molecule has 0 saturated heterocycles. The molecule has 1 atom stereocenters. The molecule has 1 unspecified atom stereocenters. The second-order valence-electron chi connectivity index (χ2n) is 4.57. The summed E-state index contributed by atoms with van der Waals surface area (Å²) < 4.78 is 44.1. The van der Waals surface area contributed by atoms with Crippen molar-refractivity contribution < 1.29 is 17.9 Å². The fourth-order valence-corrected chi connectivity index (χ4v) is 1.68. The highest BCUT2D eigenvalue weighted by Gasteiger charge is 2.33. The molecule has 0 spiro atoms. The van der Waals surface area contributed by atoms with Crippen LogP contribution in [0.4, 0.5) is 13.2 Å². The van der Waals surface area contributed by atoms with Gasteiger partial charge in [-0.1, -0.05) is 18.2 Å². The summed E-state index contributed by atoms with van der Waals surface area (Å²) in [5.74, 6) is 0.358. The molecule has 0 bridgehead atoms. The highest BCUT2D eigenvalue weighted by atomic mass is 19.4. The topological polar surface area (TPSA) is 61.0 Å². The summed E-state index contributed by atoms with van der Waals surface area (Å²) in [6.07, 6.45) is -1.79. The van der Waals surface area contributed by atoms with Crippen LogP contribution in [-0.4, -0.2) is 22.6 Å². The van der Waals surface area contributed by atoms with Gasteiger partial charge in [0.15, 0.2) is 11.6 Å². The highest BCUT2D eigenvalue weighted by molar-refractivity contribution is 5.61. The molecule has 0 radical (unpaired) electrons. The van der Waals surface area contributed by atoms with E-state index in [1.54, 1.807) is 6.92 Å². The zero-order chi connectivity index (χ0) is 15.5. The smallest absolute Gasteiger partial charge is 0.417 e. The molecule has 112 valence electrons. The van der Waals surface area contributed by atoms with Crippen molar-refractivity contribution in [1.29, 1.82) is 0 Å². The zero-order valence-corrected chi connectivity index (χ0v) is 11.3. The van der Waals surface area contributed by atoms with E-state index in [4.69, 9.17) is 10.5 Å². The Kier molecular flexibility index (Phi) is 4.42. The molecule has 2 aromatic rings. The molecule has 0 amide bonds. The van der Waals surface area contributed by atoms with Gasteiger partial charge in [-0.15, -0.1) is 0 Å². The minimum atomic E-state index is -4.45. The van der Waals surface area contributed by atoms with Gasteiger partial charge in [0.25, 0.3) is 0 Å². The second kappa shape index (κ2) is 6.09. The van der Waals surface area contributed by atoms with E-state index in [0.717, 1.165) is 6.07 Å². The van der Waals surface area contributed by atoms with Crippen LogP contribution in [0.15, 0.2) is 36.7 Å².